The number of aryl methyl sites for hydroxylation is 1. The van der Waals surface area contributed by atoms with Gasteiger partial charge in [0.2, 0.25) is 0 Å². The van der Waals surface area contributed by atoms with Crippen molar-refractivity contribution in [2.45, 2.75) is 65.1 Å². The molecule has 1 aliphatic heterocycles. The summed E-state index contributed by atoms with van der Waals surface area (Å²) < 4.78 is 2.24. The molecule has 0 bridgehead atoms. The summed E-state index contributed by atoms with van der Waals surface area (Å²) >= 11 is 1.64. The summed E-state index contributed by atoms with van der Waals surface area (Å²) in [6, 6.07) is 0. The molecule has 0 unspecified atom stereocenters. The van der Waals surface area contributed by atoms with Crippen molar-refractivity contribution in [3.8, 4) is 0 Å². The van der Waals surface area contributed by atoms with E-state index < -0.39 is 0 Å². The zero-order valence-corrected chi connectivity index (χ0v) is 15.9. The normalized spacial score (nSPS) is 15.1. The maximum atomic E-state index is 4.33. The number of hydrogen-bond acceptors (Lipinski definition) is 6. The number of aromatic nitrogens is 5. The molecular weight excluding hydrogens is 336 g/mol. The van der Waals surface area contributed by atoms with Crippen LogP contribution in [0.15, 0.2) is 4.99 Å². The van der Waals surface area contributed by atoms with Crippen molar-refractivity contribution < 1.29 is 0 Å². The zero-order chi connectivity index (χ0) is 17.6. The first kappa shape index (κ1) is 17.8. The smallest absolute Gasteiger partial charge is 0.191 e. The SMILES string of the molecule is CN=C(NCc1nnc(C(C)C)s1)NCc1nnc2n1CCCCC2. The average Bonchev–Trinajstić information content (AvgIpc) is 3.16. The third-order valence-corrected chi connectivity index (χ3v) is 5.43. The summed E-state index contributed by atoms with van der Waals surface area (Å²) in [5.41, 5.74) is 0. The second-order valence-corrected chi connectivity index (χ2v) is 7.56. The Labute approximate surface area is 152 Å². The fraction of sp³-hybridized carbons (Fsp3) is 0.688. The molecule has 2 N–H and O–H groups in total. The fourth-order valence-corrected chi connectivity index (χ4v) is 3.57. The molecular formula is C16H26N8S. The lowest BCUT2D eigenvalue weighted by atomic mass is 10.2. The van der Waals surface area contributed by atoms with Crippen molar-refractivity contribution >= 4 is 17.3 Å². The molecule has 1 aliphatic rings. The molecule has 0 amide bonds. The standard InChI is InChI=1S/C16H26N8S/c1-11(2)15-23-22-14(25-15)10-19-16(17-3)18-9-13-21-20-12-7-5-4-6-8-24(12)13/h11H,4-10H2,1-3H3,(H2,17,18,19). The van der Waals surface area contributed by atoms with Crippen LogP contribution < -0.4 is 10.6 Å². The molecule has 0 spiro atoms. The lowest BCUT2D eigenvalue weighted by molar-refractivity contribution is 0.596. The number of hydrogen-bond donors (Lipinski definition) is 2. The van der Waals surface area contributed by atoms with E-state index in [4.69, 9.17) is 0 Å². The van der Waals surface area contributed by atoms with Gasteiger partial charge in [0.15, 0.2) is 11.8 Å². The van der Waals surface area contributed by atoms with Gasteiger partial charge in [0, 0.05) is 25.9 Å². The predicted octanol–water partition coefficient (Wildman–Crippen LogP) is 1.84. The van der Waals surface area contributed by atoms with Gasteiger partial charge in [0.05, 0.1) is 13.1 Å². The van der Waals surface area contributed by atoms with E-state index in [2.05, 4.69) is 54.4 Å². The number of aliphatic imine (C=N–C) groups is 1. The zero-order valence-electron chi connectivity index (χ0n) is 15.1. The van der Waals surface area contributed by atoms with E-state index in [0.29, 0.717) is 19.0 Å². The van der Waals surface area contributed by atoms with E-state index in [0.717, 1.165) is 40.6 Å². The van der Waals surface area contributed by atoms with Crippen LogP contribution >= 0.6 is 11.3 Å². The lowest BCUT2D eigenvalue weighted by Crippen LogP contribution is -2.37. The van der Waals surface area contributed by atoms with Crippen molar-refractivity contribution in [3.63, 3.8) is 0 Å². The third-order valence-electron chi connectivity index (χ3n) is 4.21. The van der Waals surface area contributed by atoms with Gasteiger partial charge in [-0.3, -0.25) is 4.99 Å². The minimum absolute atomic E-state index is 0.409. The highest BCUT2D eigenvalue weighted by Crippen LogP contribution is 2.18. The molecule has 0 atom stereocenters. The molecule has 9 heteroatoms. The van der Waals surface area contributed by atoms with Crippen LogP contribution in [0.3, 0.4) is 0 Å². The van der Waals surface area contributed by atoms with E-state index in [1.165, 1.54) is 19.3 Å². The van der Waals surface area contributed by atoms with E-state index in [1.54, 1.807) is 18.4 Å². The van der Waals surface area contributed by atoms with Crippen molar-refractivity contribution in [1.82, 2.24) is 35.6 Å². The number of rotatable bonds is 5. The Kier molecular flexibility index (Phi) is 5.95. The van der Waals surface area contributed by atoms with Crippen LogP contribution in [0.5, 0.6) is 0 Å². The maximum Gasteiger partial charge on any atom is 0.191 e. The topological polar surface area (TPSA) is 92.9 Å². The number of guanidine groups is 1. The molecule has 136 valence electrons. The predicted molar refractivity (Wildman–Crippen MR) is 98.6 cm³/mol. The average molecular weight is 363 g/mol. The quantitative estimate of drug-likeness (QED) is 0.623. The van der Waals surface area contributed by atoms with Gasteiger partial charge in [-0.05, 0) is 12.8 Å². The highest BCUT2D eigenvalue weighted by atomic mass is 32.1. The molecule has 0 aliphatic carbocycles. The Morgan fingerprint density at radius 2 is 1.96 bits per heavy atom. The van der Waals surface area contributed by atoms with E-state index in [9.17, 15) is 0 Å². The molecule has 0 saturated heterocycles. The van der Waals surface area contributed by atoms with Crippen LogP contribution in [-0.4, -0.2) is 38.0 Å². The summed E-state index contributed by atoms with van der Waals surface area (Å²) in [6.45, 7) is 6.48. The molecule has 0 saturated carbocycles. The van der Waals surface area contributed by atoms with Gasteiger partial charge in [0.1, 0.15) is 15.8 Å². The second-order valence-electron chi connectivity index (χ2n) is 6.46. The summed E-state index contributed by atoms with van der Waals surface area (Å²) in [6.07, 6.45) is 4.68. The van der Waals surface area contributed by atoms with Gasteiger partial charge in [-0.15, -0.1) is 20.4 Å². The number of fused-ring (bicyclic) bond motifs is 1. The van der Waals surface area contributed by atoms with Crippen LogP contribution in [0.2, 0.25) is 0 Å². The molecule has 0 fully saturated rings. The maximum absolute atomic E-state index is 4.33. The Bertz CT molecular complexity index is 718. The Hall–Kier alpha value is -2.03. The van der Waals surface area contributed by atoms with Gasteiger partial charge < -0.3 is 15.2 Å². The first-order valence-electron chi connectivity index (χ1n) is 8.85. The minimum Gasteiger partial charge on any atom is -0.350 e. The van der Waals surface area contributed by atoms with Gasteiger partial charge in [0.25, 0.3) is 0 Å². The molecule has 25 heavy (non-hydrogen) atoms. The molecule has 3 rings (SSSR count). The van der Waals surface area contributed by atoms with Crippen molar-refractivity contribution in [3.05, 3.63) is 21.7 Å². The monoisotopic (exact) mass is 362 g/mol. The highest BCUT2D eigenvalue weighted by Gasteiger charge is 2.15. The first-order valence-corrected chi connectivity index (χ1v) is 9.66. The van der Waals surface area contributed by atoms with Gasteiger partial charge >= 0.3 is 0 Å². The summed E-state index contributed by atoms with van der Waals surface area (Å²) in [5.74, 6) is 3.21. The highest BCUT2D eigenvalue weighted by molar-refractivity contribution is 7.11. The summed E-state index contributed by atoms with van der Waals surface area (Å²) in [7, 11) is 1.76. The number of nitrogens with one attached hydrogen (secondary N) is 2. The van der Waals surface area contributed by atoms with E-state index in [1.807, 2.05) is 0 Å². The second kappa shape index (κ2) is 8.37. The number of nitrogens with zero attached hydrogens (tertiary/aromatic N) is 6. The van der Waals surface area contributed by atoms with Crippen LogP contribution in [0.25, 0.3) is 0 Å². The Morgan fingerprint density at radius 3 is 2.72 bits per heavy atom. The van der Waals surface area contributed by atoms with Gasteiger partial charge in [-0.1, -0.05) is 31.6 Å². The molecule has 3 heterocycles. The van der Waals surface area contributed by atoms with Gasteiger partial charge in [-0.25, -0.2) is 0 Å². The van der Waals surface area contributed by atoms with Crippen molar-refractivity contribution in [1.29, 1.82) is 0 Å². The Balaban J connectivity index is 1.53. The molecule has 0 aromatic carbocycles. The van der Waals surface area contributed by atoms with Crippen molar-refractivity contribution in [2.24, 2.45) is 4.99 Å². The van der Waals surface area contributed by atoms with Crippen molar-refractivity contribution in [2.75, 3.05) is 7.05 Å². The summed E-state index contributed by atoms with van der Waals surface area (Å²) in [4.78, 5) is 4.27. The molecule has 2 aromatic rings. The lowest BCUT2D eigenvalue weighted by Gasteiger charge is -2.11. The van der Waals surface area contributed by atoms with Crippen LogP contribution in [0, 0.1) is 0 Å². The molecule has 2 aromatic heterocycles. The first-order chi connectivity index (χ1) is 12.2. The van der Waals surface area contributed by atoms with Crippen LogP contribution in [0.1, 0.15) is 60.7 Å². The van der Waals surface area contributed by atoms with Crippen LogP contribution in [0.4, 0.5) is 0 Å². The van der Waals surface area contributed by atoms with Gasteiger partial charge in [-0.2, -0.15) is 0 Å². The fourth-order valence-electron chi connectivity index (χ4n) is 2.79. The van der Waals surface area contributed by atoms with E-state index >= 15 is 0 Å². The van der Waals surface area contributed by atoms with Crippen LogP contribution in [-0.2, 0) is 26.1 Å². The molecule has 8 nitrogen and oxygen atoms in total. The largest absolute Gasteiger partial charge is 0.350 e. The summed E-state index contributed by atoms with van der Waals surface area (Å²) in [5, 5.41) is 25.7. The van der Waals surface area contributed by atoms with E-state index in [-0.39, 0.29) is 0 Å². The Morgan fingerprint density at radius 1 is 1.12 bits per heavy atom. The third kappa shape index (κ3) is 4.53. The minimum atomic E-state index is 0.409. The molecule has 0 radical (unpaired) electrons.